The third-order valence-electron chi connectivity index (χ3n) is 7.40. The summed E-state index contributed by atoms with van der Waals surface area (Å²) in [6.07, 6.45) is 5.27. The zero-order valence-electron chi connectivity index (χ0n) is 23.4. The van der Waals surface area contributed by atoms with Crippen molar-refractivity contribution in [2.45, 2.75) is 46.1 Å². The monoisotopic (exact) mass is 567 g/mol. The maximum Gasteiger partial charge on any atom is 0.439 e. The van der Waals surface area contributed by atoms with Crippen molar-refractivity contribution in [1.29, 1.82) is 0 Å². The fourth-order valence-corrected chi connectivity index (χ4v) is 5.07. The highest BCUT2D eigenvalue weighted by Gasteiger charge is 2.24. The van der Waals surface area contributed by atoms with Crippen molar-refractivity contribution in [3.8, 4) is 39.5 Å². The molecule has 3 heterocycles. The molecule has 2 aromatic carbocycles. The van der Waals surface area contributed by atoms with Gasteiger partial charge in [0.2, 0.25) is 5.88 Å². The topological polar surface area (TPSA) is 116 Å². The first-order valence-corrected chi connectivity index (χ1v) is 14.1. The van der Waals surface area contributed by atoms with Crippen molar-refractivity contribution in [3.63, 3.8) is 0 Å². The van der Waals surface area contributed by atoms with Crippen LogP contribution in [0.4, 0.5) is 4.39 Å². The summed E-state index contributed by atoms with van der Waals surface area (Å²) in [5.74, 6) is 0.235. The molecule has 1 N–H and O–H groups in total. The highest BCUT2D eigenvalue weighted by atomic mass is 19.1. The van der Waals surface area contributed by atoms with Crippen molar-refractivity contribution in [1.82, 2.24) is 24.7 Å². The molecule has 0 radical (unpaired) electrons. The molecule has 6 rings (SSSR count). The second-order valence-corrected chi connectivity index (χ2v) is 10.5. The molecule has 214 valence electrons. The number of aryl methyl sites for hydroxylation is 2. The zero-order chi connectivity index (χ0) is 29.2. The Bertz CT molecular complexity index is 1840. The van der Waals surface area contributed by atoms with Crippen LogP contribution in [0.5, 0.6) is 5.88 Å². The number of aromatic nitrogens is 5. The average molecular weight is 568 g/mol. The lowest BCUT2D eigenvalue weighted by molar-refractivity contribution is 0.288. The normalized spacial score (nSPS) is 12.9. The number of rotatable bonds is 10. The lowest BCUT2D eigenvalue weighted by Crippen LogP contribution is -2.29. The first kappa shape index (κ1) is 27.3. The highest BCUT2D eigenvalue weighted by molar-refractivity contribution is 5.81. The minimum atomic E-state index is -0.791. The zero-order valence-corrected chi connectivity index (χ0v) is 23.4. The van der Waals surface area contributed by atoms with Gasteiger partial charge < -0.3 is 4.74 Å². The minimum Gasteiger partial charge on any atom is -0.477 e. The number of ether oxygens (including phenoxy) is 1. The van der Waals surface area contributed by atoms with Crippen LogP contribution < -0.4 is 16.1 Å². The van der Waals surface area contributed by atoms with Gasteiger partial charge in [0.05, 0.1) is 30.0 Å². The average Bonchev–Trinajstić information content (AvgIpc) is 3.73. The third kappa shape index (κ3) is 5.52. The quantitative estimate of drug-likeness (QED) is 0.235. The van der Waals surface area contributed by atoms with E-state index in [4.69, 9.17) is 14.2 Å². The largest absolute Gasteiger partial charge is 0.477 e. The van der Waals surface area contributed by atoms with E-state index in [9.17, 15) is 9.59 Å². The maximum absolute atomic E-state index is 16.4. The van der Waals surface area contributed by atoms with Crippen LogP contribution in [0.3, 0.4) is 0 Å². The van der Waals surface area contributed by atoms with E-state index in [-0.39, 0.29) is 29.1 Å². The molecule has 0 spiro atoms. The van der Waals surface area contributed by atoms with Crippen LogP contribution in [0, 0.1) is 18.7 Å². The van der Waals surface area contributed by atoms with Crippen molar-refractivity contribution in [2.24, 2.45) is 5.92 Å². The number of pyridine rings is 1. The van der Waals surface area contributed by atoms with Gasteiger partial charge in [0.15, 0.2) is 5.82 Å². The van der Waals surface area contributed by atoms with E-state index in [1.807, 2.05) is 37.3 Å². The second kappa shape index (κ2) is 11.6. The summed E-state index contributed by atoms with van der Waals surface area (Å²) in [4.78, 5) is 37.4. The number of nitrogens with zero attached hydrogens (tertiary/aromatic N) is 4. The van der Waals surface area contributed by atoms with Gasteiger partial charge in [0.25, 0.3) is 5.56 Å². The van der Waals surface area contributed by atoms with E-state index in [1.54, 1.807) is 37.4 Å². The molecule has 0 unspecified atom stereocenters. The van der Waals surface area contributed by atoms with Gasteiger partial charge >= 0.3 is 5.76 Å². The van der Waals surface area contributed by atoms with Gasteiger partial charge in [-0.05, 0) is 49.3 Å². The molecule has 1 aliphatic carbocycles. The Morgan fingerprint density at radius 1 is 1.05 bits per heavy atom. The van der Waals surface area contributed by atoms with Gasteiger partial charge in [0, 0.05) is 29.8 Å². The van der Waals surface area contributed by atoms with Crippen molar-refractivity contribution >= 4 is 0 Å². The van der Waals surface area contributed by atoms with Crippen molar-refractivity contribution < 1.29 is 13.7 Å². The Balaban J connectivity index is 1.43. The van der Waals surface area contributed by atoms with Crippen LogP contribution in [0.25, 0.3) is 33.6 Å². The Morgan fingerprint density at radius 3 is 2.52 bits per heavy atom. The second-order valence-electron chi connectivity index (χ2n) is 10.5. The molecule has 5 aromatic rings. The molecule has 1 saturated carbocycles. The third-order valence-corrected chi connectivity index (χ3v) is 7.40. The van der Waals surface area contributed by atoms with Crippen LogP contribution >= 0.6 is 0 Å². The molecule has 0 bridgehead atoms. The predicted octanol–water partition coefficient (Wildman–Crippen LogP) is 5.55. The van der Waals surface area contributed by atoms with Gasteiger partial charge in [0.1, 0.15) is 11.6 Å². The summed E-state index contributed by atoms with van der Waals surface area (Å²) in [5.41, 5.74) is 2.89. The predicted molar refractivity (Wildman–Crippen MR) is 156 cm³/mol. The van der Waals surface area contributed by atoms with E-state index in [2.05, 4.69) is 15.1 Å². The molecular formula is C32H30FN5O4. The van der Waals surface area contributed by atoms with E-state index in [0.717, 1.165) is 12.0 Å². The minimum absolute atomic E-state index is 0.0304. The molecule has 1 fully saturated rings. The molecule has 0 atom stereocenters. The molecule has 1 aliphatic rings. The molecule has 3 aromatic heterocycles. The Labute approximate surface area is 241 Å². The fraction of sp³-hybridized carbons (Fsp3) is 0.281. The van der Waals surface area contributed by atoms with Crippen molar-refractivity contribution in [2.75, 3.05) is 6.61 Å². The Hall–Kier alpha value is -4.86. The summed E-state index contributed by atoms with van der Waals surface area (Å²) in [7, 11) is 0. The van der Waals surface area contributed by atoms with Crippen molar-refractivity contribution in [3.05, 3.63) is 105 Å². The molecule has 0 amide bonds. The van der Waals surface area contributed by atoms with Gasteiger partial charge in [-0.25, -0.2) is 19.2 Å². The summed E-state index contributed by atoms with van der Waals surface area (Å²) in [5, 5.41) is 3.76. The van der Waals surface area contributed by atoms with Crippen LogP contribution in [-0.4, -0.2) is 31.3 Å². The lowest BCUT2D eigenvalue weighted by atomic mass is 9.96. The summed E-state index contributed by atoms with van der Waals surface area (Å²) in [6, 6.07) is 16.2. The molecule has 42 heavy (non-hydrogen) atoms. The number of hydrogen-bond acceptors (Lipinski definition) is 7. The van der Waals surface area contributed by atoms with Crippen LogP contribution in [-0.2, 0) is 13.0 Å². The van der Waals surface area contributed by atoms with Crippen LogP contribution in [0.1, 0.15) is 43.3 Å². The van der Waals surface area contributed by atoms with Gasteiger partial charge in [-0.2, -0.15) is 0 Å². The number of nitrogens with one attached hydrogen (secondary N) is 1. The molecule has 0 aliphatic heterocycles. The smallest absolute Gasteiger partial charge is 0.439 e. The Morgan fingerprint density at radius 2 is 1.86 bits per heavy atom. The molecule has 10 heteroatoms. The highest BCUT2D eigenvalue weighted by Crippen LogP contribution is 2.34. The number of aromatic amines is 1. The SMILES string of the molecule is CCCc1nc(C)c(-c2ccc(OCC3CC3)nc2)c(=O)n1Cc1ccc(-c2ccccc2)c(-c2noc(=O)[nH]2)c1F. The van der Waals surface area contributed by atoms with Crippen LogP contribution in [0.2, 0.25) is 0 Å². The maximum atomic E-state index is 16.4. The first-order valence-electron chi connectivity index (χ1n) is 14.1. The fourth-order valence-electron chi connectivity index (χ4n) is 5.07. The van der Waals surface area contributed by atoms with Gasteiger partial charge in [-0.3, -0.25) is 18.9 Å². The van der Waals surface area contributed by atoms with E-state index < -0.39 is 11.6 Å². The number of halogens is 1. The first-order chi connectivity index (χ1) is 20.4. The van der Waals surface area contributed by atoms with Gasteiger partial charge in [-0.15, -0.1) is 0 Å². The standard InChI is InChI=1S/C32H30FN5O4/c1-3-7-25-35-19(2)27(22-13-15-26(34-16-22)41-18-20-10-11-20)31(39)38(25)17-23-12-14-24(21-8-5-4-6-9-21)28(29(23)33)30-36-32(40)42-37-30/h4-6,8-9,12-16,20H,3,7,10-11,17-18H2,1-2H3,(H,36,37,40). The van der Waals surface area contributed by atoms with E-state index in [0.29, 0.717) is 53.0 Å². The summed E-state index contributed by atoms with van der Waals surface area (Å²) in [6.45, 7) is 4.37. The molecular weight excluding hydrogens is 537 g/mol. The summed E-state index contributed by atoms with van der Waals surface area (Å²) < 4.78 is 28.3. The number of hydrogen-bond donors (Lipinski definition) is 1. The number of H-pyrrole nitrogens is 1. The Kier molecular flexibility index (Phi) is 7.52. The van der Waals surface area contributed by atoms with E-state index in [1.165, 1.54) is 17.4 Å². The van der Waals surface area contributed by atoms with E-state index >= 15 is 4.39 Å². The lowest BCUT2D eigenvalue weighted by Gasteiger charge is -2.18. The molecule has 9 nitrogen and oxygen atoms in total. The number of benzene rings is 2. The van der Waals surface area contributed by atoms with Gasteiger partial charge in [-0.1, -0.05) is 54.5 Å². The summed E-state index contributed by atoms with van der Waals surface area (Å²) >= 11 is 0. The van der Waals surface area contributed by atoms with Crippen LogP contribution in [0.15, 0.2) is 74.9 Å². The molecule has 0 saturated heterocycles.